The van der Waals surface area contributed by atoms with Crippen molar-refractivity contribution in [2.24, 2.45) is 0 Å². The normalized spacial score (nSPS) is 11.0. The SMILES string of the molecule is Cc1ccc(C(=O)NNC(=O)CNS(=O)(=O)c2ccc(F)cc2)cc1. The third kappa shape index (κ3) is 5.37. The quantitative estimate of drug-likeness (QED) is 0.684. The van der Waals surface area contributed by atoms with E-state index in [1.165, 1.54) is 0 Å². The Bertz CT molecular complexity index is 865. The van der Waals surface area contributed by atoms with Gasteiger partial charge in [-0.15, -0.1) is 0 Å². The molecule has 132 valence electrons. The van der Waals surface area contributed by atoms with Crippen molar-refractivity contribution in [1.82, 2.24) is 15.6 Å². The monoisotopic (exact) mass is 365 g/mol. The van der Waals surface area contributed by atoms with E-state index < -0.39 is 34.2 Å². The summed E-state index contributed by atoms with van der Waals surface area (Å²) in [6, 6.07) is 10.8. The molecule has 2 aromatic carbocycles. The molecule has 0 fully saturated rings. The molecule has 0 unspecified atom stereocenters. The first-order valence-electron chi connectivity index (χ1n) is 7.19. The second kappa shape index (κ2) is 7.86. The Balaban J connectivity index is 1.85. The van der Waals surface area contributed by atoms with Crippen LogP contribution < -0.4 is 15.6 Å². The summed E-state index contributed by atoms with van der Waals surface area (Å²) in [5, 5.41) is 0. The van der Waals surface area contributed by atoms with Crippen LogP contribution in [0, 0.1) is 12.7 Å². The van der Waals surface area contributed by atoms with Crippen LogP contribution >= 0.6 is 0 Å². The fourth-order valence-corrected chi connectivity index (χ4v) is 2.79. The van der Waals surface area contributed by atoms with Crippen molar-refractivity contribution >= 4 is 21.8 Å². The lowest BCUT2D eigenvalue weighted by Gasteiger charge is -2.09. The molecule has 0 saturated heterocycles. The van der Waals surface area contributed by atoms with E-state index in [0.717, 1.165) is 29.8 Å². The van der Waals surface area contributed by atoms with Gasteiger partial charge in [-0.1, -0.05) is 17.7 Å². The van der Waals surface area contributed by atoms with Crippen molar-refractivity contribution in [3.63, 3.8) is 0 Å². The number of carbonyl (C=O) groups is 2. The largest absolute Gasteiger partial charge is 0.272 e. The Morgan fingerprint density at radius 2 is 1.56 bits per heavy atom. The van der Waals surface area contributed by atoms with Gasteiger partial charge in [0.2, 0.25) is 10.0 Å². The van der Waals surface area contributed by atoms with Crippen LogP contribution in [0.4, 0.5) is 4.39 Å². The number of hydrogen-bond donors (Lipinski definition) is 3. The highest BCUT2D eigenvalue weighted by atomic mass is 32.2. The minimum absolute atomic E-state index is 0.176. The Morgan fingerprint density at radius 1 is 0.960 bits per heavy atom. The van der Waals surface area contributed by atoms with Crippen molar-refractivity contribution in [3.8, 4) is 0 Å². The smallest absolute Gasteiger partial charge is 0.269 e. The lowest BCUT2D eigenvalue weighted by atomic mass is 10.1. The molecule has 0 spiro atoms. The zero-order chi connectivity index (χ0) is 18.4. The van der Waals surface area contributed by atoms with Crippen LogP contribution in [0.15, 0.2) is 53.4 Å². The van der Waals surface area contributed by atoms with Crippen LogP contribution in [-0.2, 0) is 14.8 Å². The van der Waals surface area contributed by atoms with Crippen LogP contribution in [0.2, 0.25) is 0 Å². The van der Waals surface area contributed by atoms with Gasteiger partial charge in [-0.3, -0.25) is 20.4 Å². The summed E-state index contributed by atoms with van der Waals surface area (Å²) in [7, 11) is -3.96. The Kier molecular flexibility index (Phi) is 5.84. The van der Waals surface area contributed by atoms with Gasteiger partial charge >= 0.3 is 0 Å². The molecule has 9 heteroatoms. The van der Waals surface area contributed by atoms with E-state index in [1.807, 2.05) is 6.92 Å². The fourth-order valence-electron chi connectivity index (χ4n) is 1.81. The van der Waals surface area contributed by atoms with Crippen molar-refractivity contribution in [3.05, 3.63) is 65.5 Å². The standard InChI is InChI=1S/C16H16FN3O4S/c1-11-2-4-12(5-3-11)16(22)20-19-15(21)10-18-25(23,24)14-8-6-13(17)7-9-14/h2-9,18H,10H2,1H3,(H,19,21)(H,20,22). The summed E-state index contributed by atoms with van der Waals surface area (Å²) in [6.45, 7) is 1.28. The van der Waals surface area contributed by atoms with E-state index in [1.54, 1.807) is 24.3 Å². The molecule has 7 nitrogen and oxygen atoms in total. The molecule has 0 aliphatic rings. The van der Waals surface area contributed by atoms with Gasteiger partial charge in [-0.25, -0.2) is 17.5 Å². The fraction of sp³-hybridized carbons (Fsp3) is 0.125. The molecule has 0 radical (unpaired) electrons. The van der Waals surface area contributed by atoms with Gasteiger partial charge < -0.3 is 0 Å². The third-order valence-corrected chi connectivity index (χ3v) is 4.59. The lowest BCUT2D eigenvalue weighted by molar-refractivity contribution is -0.120. The van der Waals surface area contributed by atoms with Crippen LogP contribution in [0.25, 0.3) is 0 Å². The molecule has 0 aromatic heterocycles. The molecule has 2 rings (SSSR count). The molecule has 3 N–H and O–H groups in total. The lowest BCUT2D eigenvalue weighted by Crippen LogP contribution is -2.46. The molecule has 0 atom stereocenters. The molecule has 0 bridgehead atoms. The average molecular weight is 365 g/mol. The number of benzene rings is 2. The van der Waals surface area contributed by atoms with E-state index >= 15 is 0 Å². The number of hydrogen-bond acceptors (Lipinski definition) is 4. The number of amides is 2. The van der Waals surface area contributed by atoms with E-state index in [9.17, 15) is 22.4 Å². The zero-order valence-corrected chi connectivity index (χ0v) is 14.1. The zero-order valence-electron chi connectivity index (χ0n) is 13.2. The number of sulfonamides is 1. The van der Waals surface area contributed by atoms with Gasteiger partial charge in [0, 0.05) is 5.56 Å². The van der Waals surface area contributed by atoms with E-state index in [2.05, 4.69) is 15.6 Å². The van der Waals surface area contributed by atoms with E-state index in [0.29, 0.717) is 5.56 Å². The van der Waals surface area contributed by atoms with Gasteiger partial charge in [0.1, 0.15) is 5.82 Å². The van der Waals surface area contributed by atoms with Crippen LogP contribution in [-0.4, -0.2) is 26.8 Å². The topological polar surface area (TPSA) is 104 Å². The molecule has 2 aromatic rings. The van der Waals surface area contributed by atoms with Gasteiger partial charge in [-0.2, -0.15) is 0 Å². The number of nitrogens with one attached hydrogen (secondary N) is 3. The number of aryl methyl sites for hydroxylation is 1. The van der Waals surface area contributed by atoms with Crippen molar-refractivity contribution in [2.45, 2.75) is 11.8 Å². The molecule has 0 heterocycles. The highest BCUT2D eigenvalue weighted by Crippen LogP contribution is 2.09. The highest BCUT2D eigenvalue weighted by molar-refractivity contribution is 7.89. The van der Waals surface area contributed by atoms with Gasteiger partial charge in [0.25, 0.3) is 11.8 Å². The van der Waals surface area contributed by atoms with Crippen molar-refractivity contribution in [2.75, 3.05) is 6.54 Å². The maximum Gasteiger partial charge on any atom is 0.269 e. The second-order valence-electron chi connectivity index (χ2n) is 5.15. The summed E-state index contributed by atoms with van der Waals surface area (Å²) < 4.78 is 38.7. The molecular formula is C16H16FN3O4S. The van der Waals surface area contributed by atoms with Crippen LogP contribution in [0.3, 0.4) is 0 Å². The molecule has 0 aliphatic heterocycles. The predicted molar refractivity (Wildman–Crippen MR) is 88.4 cm³/mol. The number of halogens is 1. The van der Waals surface area contributed by atoms with Crippen LogP contribution in [0.5, 0.6) is 0 Å². The molecule has 0 aliphatic carbocycles. The number of rotatable bonds is 5. The summed E-state index contributed by atoms with van der Waals surface area (Å²) in [4.78, 5) is 23.3. The van der Waals surface area contributed by atoms with Crippen LogP contribution in [0.1, 0.15) is 15.9 Å². The third-order valence-electron chi connectivity index (χ3n) is 3.18. The van der Waals surface area contributed by atoms with Gasteiger partial charge in [0.15, 0.2) is 0 Å². The second-order valence-corrected chi connectivity index (χ2v) is 6.91. The summed E-state index contributed by atoms with van der Waals surface area (Å²) in [6.07, 6.45) is 0. The highest BCUT2D eigenvalue weighted by Gasteiger charge is 2.16. The molecular weight excluding hydrogens is 349 g/mol. The molecule has 0 saturated carbocycles. The summed E-state index contributed by atoms with van der Waals surface area (Å²) in [5.74, 6) is -1.86. The summed E-state index contributed by atoms with van der Waals surface area (Å²) >= 11 is 0. The molecule has 25 heavy (non-hydrogen) atoms. The Hall–Kier alpha value is -2.78. The van der Waals surface area contributed by atoms with Gasteiger partial charge in [0.05, 0.1) is 11.4 Å². The predicted octanol–water partition coefficient (Wildman–Crippen LogP) is 0.874. The van der Waals surface area contributed by atoms with Gasteiger partial charge in [-0.05, 0) is 43.3 Å². The minimum Gasteiger partial charge on any atom is -0.272 e. The van der Waals surface area contributed by atoms with Crippen molar-refractivity contribution in [1.29, 1.82) is 0 Å². The summed E-state index contributed by atoms with van der Waals surface area (Å²) in [5.41, 5.74) is 5.61. The van der Waals surface area contributed by atoms with E-state index in [-0.39, 0.29) is 4.90 Å². The van der Waals surface area contributed by atoms with E-state index in [4.69, 9.17) is 0 Å². The maximum absolute atomic E-state index is 12.8. The van der Waals surface area contributed by atoms with Crippen molar-refractivity contribution < 1.29 is 22.4 Å². The first-order valence-corrected chi connectivity index (χ1v) is 8.67. The Morgan fingerprint density at radius 3 is 2.16 bits per heavy atom. The number of hydrazine groups is 1. The minimum atomic E-state index is -3.96. The first kappa shape index (κ1) is 18.6. The molecule has 2 amide bonds. The first-order chi connectivity index (χ1) is 11.8. The number of carbonyl (C=O) groups excluding carboxylic acids is 2. The Labute approximate surface area is 144 Å². The average Bonchev–Trinajstić information content (AvgIpc) is 2.59. The maximum atomic E-state index is 12.8.